The number of urea groups is 1. The maximum absolute atomic E-state index is 13.3. The Kier molecular flexibility index (Phi) is 7.47. The van der Waals surface area contributed by atoms with Crippen molar-refractivity contribution in [1.29, 1.82) is 0 Å². The van der Waals surface area contributed by atoms with Gasteiger partial charge in [0.25, 0.3) is 11.5 Å². The lowest BCUT2D eigenvalue weighted by Crippen LogP contribution is -2.30. The molecule has 4 aromatic rings. The Morgan fingerprint density at radius 2 is 1.56 bits per heavy atom. The molecule has 2 fully saturated rings. The topological polar surface area (TPSA) is 118 Å². The van der Waals surface area contributed by atoms with Gasteiger partial charge in [0.15, 0.2) is 0 Å². The van der Waals surface area contributed by atoms with E-state index in [1.165, 1.54) is 17.1 Å². The fourth-order valence-corrected chi connectivity index (χ4v) is 4.89. The van der Waals surface area contributed by atoms with Gasteiger partial charge in [-0.25, -0.2) is 9.48 Å². The van der Waals surface area contributed by atoms with Crippen molar-refractivity contribution >= 4 is 46.5 Å². The van der Waals surface area contributed by atoms with E-state index >= 15 is 0 Å². The highest BCUT2D eigenvalue weighted by Crippen LogP contribution is 2.32. The number of pyridine rings is 1. The van der Waals surface area contributed by atoms with Gasteiger partial charge in [-0.15, -0.1) is 0 Å². The first-order valence-corrected chi connectivity index (χ1v) is 14.1. The molecule has 0 unspecified atom stereocenters. The van der Waals surface area contributed by atoms with Crippen LogP contribution in [-0.4, -0.2) is 32.7 Å². The van der Waals surface area contributed by atoms with Gasteiger partial charge in [-0.3, -0.25) is 14.6 Å². The molecule has 41 heavy (non-hydrogen) atoms. The molecule has 0 saturated heterocycles. The molecule has 2 aliphatic carbocycles. The monoisotopic (exact) mass is 588 g/mol. The minimum atomic E-state index is -0.678. The average Bonchev–Trinajstić information content (AvgIpc) is 3.91. The van der Waals surface area contributed by atoms with Crippen LogP contribution in [0.25, 0.3) is 22.4 Å². The predicted octanol–water partition coefficient (Wildman–Crippen LogP) is 6.23. The van der Waals surface area contributed by atoms with Gasteiger partial charge in [-0.05, 0) is 67.0 Å². The number of benzene rings is 2. The number of halogens is 2. The SMILES string of the molecule is O=C(Nc1c(Cl)cncc1Cl)Nc1cc(-c2cccc(-c3cccc(C(=O)NC4CC4)c3)c2)nn(CC2CC2)c1=O. The quantitative estimate of drug-likeness (QED) is 0.225. The van der Waals surface area contributed by atoms with E-state index in [1.807, 2.05) is 42.5 Å². The number of carbonyl (C=O) groups is 2. The summed E-state index contributed by atoms with van der Waals surface area (Å²) < 4.78 is 1.41. The van der Waals surface area contributed by atoms with Gasteiger partial charge in [0, 0.05) is 36.1 Å². The molecular formula is C30H26Cl2N6O3. The minimum absolute atomic E-state index is 0.0681. The van der Waals surface area contributed by atoms with Crippen LogP contribution in [0, 0.1) is 5.92 Å². The third kappa shape index (κ3) is 6.42. The van der Waals surface area contributed by atoms with Crippen LogP contribution in [0.15, 0.2) is 71.8 Å². The Morgan fingerprint density at radius 3 is 2.27 bits per heavy atom. The molecule has 0 bridgehead atoms. The maximum Gasteiger partial charge on any atom is 0.323 e. The molecule has 11 heteroatoms. The molecule has 3 N–H and O–H groups in total. The summed E-state index contributed by atoms with van der Waals surface area (Å²) in [7, 11) is 0. The maximum atomic E-state index is 13.3. The fraction of sp³-hybridized carbons (Fsp3) is 0.233. The third-order valence-electron chi connectivity index (χ3n) is 6.97. The molecule has 208 valence electrons. The van der Waals surface area contributed by atoms with E-state index in [-0.39, 0.29) is 33.4 Å². The molecule has 0 spiro atoms. The van der Waals surface area contributed by atoms with Crippen LogP contribution >= 0.6 is 23.2 Å². The van der Waals surface area contributed by atoms with E-state index in [4.69, 9.17) is 23.2 Å². The molecule has 2 saturated carbocycles. The smallest absolute Gasteiger partial charge is 0.323 e. The highest BCUT2D eigenvalue weighted by molar-refractivity contribution is 6.39. The number of carbonyl (C=O) groups excluding carboxylic acids is 2. The third-order valence-corrected chi connectivity index (χ3v) is 7.54. The number of hydrogen-bond acceptors (Lipinski definition) is 5. The second-order valence-corrected chi connectivity index (χ2v) is 11.2. The summed E-state index contributed by atoms with van der Waals surface area (Å²) in [6.45, 7) is 0.461. The van der Waals surface area contributed by atoms with Crippen molar-refractivity contribution in [3.63, 3.8) is 0 Å². The van der Waals surface area contributed by atoms with Crippen LogP contribution in [0.3, 0.4) is 0 Å². The van der Waals surface area contributed by atoms with Crippen molar-refractivity contribution in [2.45, 2.75) is 38.3 Å². The van der Waals surface area contributed by atoms with E-state index in [9.17, 15) is 14.4 Å². The molecule has 6 rings (SSSR count). The highest BCUT2D eigenvalue weighted by Gasteiger charge is 2.25. The lowest BCUT2D eigenvalue weighted by atomic mass is 9.99. The normalized spacial score (nSPS) is 14.4. The molecule has 0 atom stereocenters. The number of rotatable bonds is 8. The first-order chi connectivity index (χ1) is 19.8. The van der Waals surface area contributed by atoms with E-state index in [2.05, 4.69) is 26.0 Å². The number of anilines is 2. The molecule has 9 nitrogen and oxygen atoms in total. The van der Waals surface area contributed by atoms with Gasteiger partial charge in [0.05, 0.1) is 21.4 Å². The number of aromatic nitrogens is 3. The summed E-state index contributed by atoms with van der Waals surface area (Å²) in [4.78, 5) is 42.6. The number of nitrogens with zero attached hydrogens (tertiary/aromatic N) is 3. The van der Waals surface area contributed by atoms with Crippen LogP contribution in [0.4, 0.5) is 16.2 Å². The second kappa shape index (κ2) is 11.3. The lowest BCUT2D eigenvalue weighted by molar-refractivity contribution is 0.0951. The zero-order chi connectivity index (χ0) is 28.5. The van der Waals surface area contributed by atoms with Crippen LogP contribution in [0.1, 0.15) is 36.0 Å². The largest absolute Gasteiger partial charge is 0.349 e. The van der Waals surface area contributed by atoms with Gasteiger partial charge in [-0.2, -0.15) is 5.10 Å². The van der Waals surface area contributed by atoms with Crippen molar-refractivity contribution in [2.75, 3.05) is 10.6 Å². The lowest BCUT2D eigenvalue weighted by Gasteiger charge is -2.14. The van der Waals surface area contributed by atoms with Crippen molar-refractivity contribution in [1.82, 2.24) is 20.1 Å². The summed E-state index contributed by atoms with van der Waals surface area (Å²) >= 11 is 12.3. The van der Waals surface area contributed by atoms with Crippen molar-refractivity contribution in [3.8, 4) is 22.4 Å². The molecule has 2 aromatic heterocycles. The molecule has 3 amide bonds. The standard InChI is InChI=1S/C30H26Cl2N6O3/c31-23-14-33-15-24(32)27(23)36-30(41)35-26-13-25(37-38(29(26)40)16-17-7-8-17)20-5-1-3-18(11-20)19-4-2-6-21(12-19)28(39)34-22-9-10-22/h1-6,11-15,17,22H,7-10,16H2,(H,34,39)(H2,33,35,36,41). The number of hydrogen-bond donors (Lipinski definition) is 3. The van der Waals surface area contributed by atoms with Gasteiger partial charge in [-0.1, -0.05) is 53.5 Å². The molecule has 0 radical (unpaired) electrons. The Hall–Kier alpha value is -4.21. The van der Waals surface area contributed by atoms with Crippen LogP contribution < -0.4 is 21.5 Å². The number of nitrogens with one attached hydrogen (secondary N) is 3. The first-order valence-electron chi connectivity index (χ1n) is 13.3. The Morgan fingerprint density at radius 1 is 0.878 bits per heavy atom. The Bertz CT molecular complexity index is 1690. The van der Waals surface area contributed by atoms with Gasteiger partial charge in [0.2, 0.25) is 0 Å². The molecule has 0 aliphatic heterocycles. The van der Waals surface area contributed by atoms with Crippen LogP contribution in [0.2, 0.25) is 10.0 Å². The van der Waals surface area contributed by atoms with Crippen LogP contribution in [0.5, 0.6) is 0 Å². The van der Waals surface area contributed by atoms with E-state index in [0.717, 1.165) is 42.4 Å². The minimum Gasteiger partial charge on any atom is -0.349 e. The highest BCUT2D eigenvalue weighted by atomic mass is 35.5. The zero-order valence-electron chi connectivity index (χ0n) is 21.9. The number of amides is 3. The second-order valence-electron chi connectivity index (χ2n) is 10.3. The first kappa shape index (κ1) is 27.0. The van der Waals surface area contributed by atoms with E-state index in [1.54, 1.807) is 12.1 Å². The Balaban J connectivity index is 1.30. The van der Waals surface area contributed by atoms with Gasteiger partial charge in [0.1, 0.15) is 5.69 Å². The predicted molar refractivity (Wildman–Crippen MR) is 159 cm³/mol. The average molecular weight is 589 g/mol. The Labute approximate surface area is 245 Å². The fourth-order valence-electron chi connectivity index (χ4n) is 4.43. The molecular weight excluding hydrogens is 563 g/mol. The van der Waals surface area contributed by atoms with Crippen LogP contribution in [-0.2, 0) is 6.54 Å². The zero-order valence-corrected chi connectivity index (χ0v) is 23.4. The molecule has 2 aromatic carbocycles. The molecule has 2 heterocycles. The van der Waals surface area contributed by atoms with Crippen molar-refractivity contribution < 1.29 is 9.59 Å². The summed E-state index contributed by atoms with van der Waals surface area (Å²) in [5, 5.41) is 13.2. The van der Waals surface area contributed by atoms with E-state index < -0.39 is 11.6 Å². The summed E-state index contributed by atoms with van der Waals surface area (Å²) in [6.07, 6.45) is 6.82. The van der Waals surface area contributed by atoms with Crippen molar-refractivity contribution in [3.05, 3.63) is 93.0 Å². The summed E-state index contributed by atoms with van der Waals surface area (Å²) in [5.41, 5.74) is 3.49. The van der Waals surface area contributed by atoms with Gasteiger partial charge >= 0.3 is 6.03 Å². The molecule has 2 aliphatic rings. The van der Waals surface area contributed by atoms with Crippen molar-refractivity contribution in [2.24, 2.45) is 5.92 Å². The van der Waals surface area contributed by atoms with Gasteiger partial charge < -0.3 is 16.0 Å². The summed E-state index contributed by atoms with van der Waals surface area (Å²) in [6, 6.07) is 16.3. The summed E-state index contributed by atoms with van der Waals surface area (Å²) in [5.74, 6) is 0.296. The van der Waals surface area contributed by atoms with E-state index in [0.29, 0.717) is 23.7 Å².